The Morgan fingerprint density at radius 3 is 2.67 bits per heavy atom. The molecular formula is C14H20O. The summed E-state index contributed by atoms with van der Waals surface area (Å²) in [6.07, 6.45) is 1.11. The number of rotatable bonds is 1. The first-order valence-corrected chi connectivity index (χ1v) is 5.78. The Morgan fingerprint density at radius 2 is 2.00 bits per heavy atom. The lowest BCUT2D eigenvalue weighted by atomic mass is 9.78. The zero-order valence-corrected chi connectivity index (χ0v) is 10.1. The van der Waals surface area contributed by atoms with Crippen molar-refractivity contribution in [1.82, 2.24) is 0 Å². The molecule has 0 N–H and O–H groups in total. The van der Waals surface area contributed by atoms with Crippen molar-refractivity contribution in [3.05, 3.63) is 29.3 Å². The lowest BCUT2D eigenvalue weighted by molar-refractivity contribution is 0.231. The fourth-order valence-corrected chi connectivity index (χ4v) is 2.25. The molecule has 1 nitrogen and oxygen atoms in total. The van der Waals surface area contributed by atoms with Gasteiger partial charge in [0.2, 0.25) is 0 Å². The van der Waals surface area contributed by atoms with Gasteiger partial charge >= 0.3 is 0 Å². The van der Waals surface area contributed by atoms with Gasteiger partial charge in [-0.2, -0.15) is 0 Å². The number of para-hydroxylation sites is 1. The highest BCUT2D eigenvalue weighted by Crippen LogP contribution is 2.42. The van der Waals surface area contributed by atoms with Gasteiger partial charge in [0.15, 0.2) is 0 Å². The zero-order chi connectivity index (χ0) is 11.1. The van der Waals surface area contributed by atoms with Gasteiger partial charge in [-0.15, -0.1) is 0 Å². The van der Waals surface area contributed by atoms with Crippen molar-refractivity contribution in [2.24, 2.45) is 0 Å². The maximum atomic E-state index is 5.85. The van der Waals surface area contributed by atoms with Gasteiger partial charge in [0.1, 0.15) is 5.75 Å². The first kappa shape index (κ1) is 10.5. The highest BCUT2D eigenvalue weighted by atomic mass is 16.5. The fourth-order valence-electron chi connectivity index (χ4n) is 2.25. The molecule has 0 bridgehead atoms. The molecule has 0 atom stereocenters. The quantitative estimate of drug-likeness (QED) is 0.674. The molecule has 1 aromatic carbocycles. The Bertz CT molecular complexity index is 364. The average Bonchev–Trinajstić information content (AvgIpc) is 2.16. The summed E-state index contributed by atoms with van der Waals surface area (Å²) < 4.78 is 5.85. The van der Waals surface area contributed by atoms with Gasteiger partial charge in [0.05, 0.1) is 6.61 Å². The predicted octanol–water partition coefficient (Wildman–Crippen LogP) is 3.87. The van der Waals surface area contributed by atoms with Crippen LogP contribution in [0.25, 0.3) is 0 Å². The normalized spacial score (nSPS) is 18.5. The van der Waals surface area contributed by atoms with Crippen LogP contribution in [0.4, 0.5) is 0 Å². The van der Waals surface area contributed by atoms with Gasteiger partial charge < -0.3 is 4.74 Å². The monoisotopic (exact) mass is 204 g/mol. The fraction of sp³-hybridized carbons (Fsp3) is 0.571. The Labute approximate surface area is 92.5 Å². The summed E-state index contributed by atoms with van der Waals surface area (Å²) in [5.74, 6) is 1.68. The SMILES string of the molecule is CC(C)c1cccc2c1OCCC2(C)C. The van der Waals surface area contributed by atoms with Crippen molar-refractivity contribution in [3.63, 3.8) is 0 Å². The van der Waals surface area contributed by atoms with Crippen LogP contribution in [0.3, 0.4) is 0 Å². The summed E-state index contributed by atoms with van der Waals surface area (Å²) in [5.41, 5.74) is 2.98. The van der Waals surface area contributed by atoms with E-state index in [1.807, 2.05) is 0 Å². The second kappa shape index (κ2) is 3.55. The number of ether oxygens (including phenoxy) is 1. The van der Waals surface area contributed by atoms with Crippen LogP contribution < -0.4 is 4.74 Å². The highest BCUT2D eigenvalue weighted by Gasteiger charge is 2.30. The first-order valence-electron chi connectivity index (χ1n) is 5.78. The van der Waals surface area contributed by atoms with Gasteiger partial charge in [0.25, 0.3) is 0 Å². The largest absolute Gasteiger partial charge is 0.493 e. The standard InChI is InChI=1S/C14H20O/c1-10(2)11-6-5-7-12-13(11)15-9-8-14(12,3)4/h5-7,10H,8-9H2,1-4H3. The molecule has 1 aliphatic rings. The minimum atomic E-state index is 0.262. The summed E-state index contributed by atoms with van der Waals surface area (Å²) in [5, 5.41) is 0. The molecule has 0 saturated heterocycles. The Balaban J connectivity index is 2.56. The molecule has 15 heavy (non-hydrogen) atoms. The van der Waals surface area contributed by atoms with E-state index >= 15 is 0 Å². The third-order valence-corrected chi connectivity index (χ3v) is 3.37. The molecule has 1 aromatic rings. The third-order valence-electron chi connectivity index (χ3n) is 3.37. The summed E-state index contributed by atoms with van der Waals surface area (Å²) in [6, 6.07) is 6.55. The van der Waals surface area contributed by atoms with Crippen molar-refractivity contribution in [3.8, 4) is 5.75 Å². The Hall–Kier alpha value is -0.980. The number of benzene rings is 1. The molecule has 0 unspecified atom stereocenters. The summed E-state index contributed by atoms with van der Waals surface area (Å²) in [4.78, 5) is 0. The predicted molar refractivity (Wildman–Crippen MR) is 63.7 cm³/mol. The average molecular weight is 204 g/mol. The van der Waals surface area contributed by atoms with Crippen molar-refractivity contribution in [2.75, 3.05) is 6.61 Å². The number of fused-ring (bicyclic) bond motifs is 1. The van der Waals surface area contributed by atoms with Gasteiger partial charge in [-0.25, -0.2) is 0 Å². The van der Waals surface area contributed by atoms with Crippen LogP contribution in [-0.4, -0.2) is 6.61 Å². The van der Waals surface area contributed by atoms with Gasteiger partial charge in [0, 0.05) is 5.56 Å². The molecule has 2 rings (SSSR count). The van der Waals surface area contributed by atoms with E-state index in [1.165, 1.54) is 11.1 Å². The molecule has 0 radical (unpaired) electrons. The van der Waals surface area contributed by atoms with E-state index in [-0.39, 0.29) is 5.41 Å². The van der Waals surface area contributed by atoms with Crippen molar-refractivity contribution in [1.29, 1.82) is 0 Å². The van der Waals surface area contributed by atoms with Gasteiger partial charge in [-0.3, -0.25) is 0 Å². The molecule has 1 heterocycles. The maximum absolute atomic E-state index is 5.85. The van der Waals surface area contributed by atoms with Crippen molar-refractivity contribution in [2.45, 2.75) is 45.4 Å². The molecule has 0 saturated carbocycles. The smallest absolute Gasteiger partial charge is 0.126 e. The van der Waals surface area contributed by atoms with Crippen LogP contribution in [-0.2, 0) is 5.41 Å². The minimum Gasteiger partial charge on any atom is -0.493 e. The second-order valence-corrected chi connectivity index (χ2v) is 5.36. The zero-order valence-electron chi connectivity index (χ0n) is 10.1. The van der Waals surface area contributed by atoms with E-state index in [2.05, 4.69) is 45.9 Å². The van der Waals surface area contributed by atoms with E-state index < -0.39 is 0 Å². The van der Waals surface area contributed by atoms with Crippen molar-refractivity contribution >= 4 is 0 Å². The van der Waals surface area contributed by atoms with Gasteiger partial charge in [-0.1, -0.05) is 45.9 Å². The molecule has 0 aliphatic carbocycles. The van der Waals surface area contributed by atoms with Crippen LogP contribution in [0.2, 0.25) is 0 Å². The molecule has 1 heteroatoms. The van der Waals surface area contributed by atoms with Crippen LogP contribution >= 0.6 is 0 Å². The van der Waals surface area contributed by atoms with E-state index in [0.29, 0.717) is 5.92 Å². The topological polar surface area (TPSA) is 9.23 Å². The lowest BCUT2D eigenvalue weighted by Gasteiger charge is -2.34. The third kappa shape index (κ3) is 1.75. The molecule has 1 aliphatic heterocycles. The van der Waals surface area contributed by atoms with E-state index in [1.54, 1.807) is 0 Å². The molecule has 0 fully saturated rings. The number of hydrogen-bond acceptors (Lipinski definition) is 1. The molecule has 82 valence electrons. The molecule has 0 amide bonds. The van der Waals surface area contributed by atoms with Crippen LogP contribution in [0, 0.1) is 0 Å². The van der Waals surface area contributed by atoms with E-state index in [4.69, 9.17) is 4.74 Å². The first-order chi connectivity index (χ1) is 7.02. The van der Waals surface area contributed by atoms with Crippen LogP contribution in [0.5, 0.6) is 5.75 Å². The maximum Gasteiger partial charge on any atom is 0.126 e. The molecule has 0 spiro atoms. The summed E-state index contributed by atoms with van der Waals surface area (Å²) in [7, 11) is 0. The second-order valence-electron chi connectivity index (χ2n) is 5.36. The molecule has 0 aromatic heterocycles. The Morgan fingerprint density at radius 1 is 1.27 bits per heavy atom. The van der Waals surface area contributed by atoms with Gasteiger partial charge in [-0.05, 0) is 23.3 Å². The van der Waals surface area contributed by atoms with Crippen LogP contribution in [0.15, 0.2) is 18.2 Å². The van der Waals surface area contributed by atoms with E-state index in [9.17, 15) is 0 Å². The van der Waals surface area contributed by atoms with Crippen molar-refractivity contribution < 1.29 is 4.74 Å². The van der Waals surface area contributed by atoms with E-state index in [0.717, 1.165) is 18.8 Å². The summed E-state index contributed by atoms with van der Waals surface area (Å²) >= 11 is 0. The molecular weight excluding hydrogens is 184 g/mol. The Kier molecular flexibility index (Phi) is 2.49. The van der Waals surface area contributed by atoms with Crippen LogP contribution in [0.1, 0.15) is 51.2 Å². The summed E-state index contributed by atoms with van der Waals surface area (Å²) in [6.45, 7) is 9.90. The number of hydrogen-bond donors (Lipinski definition) is 0. The highest BCUT2D eigenvalue weighted by molar-refractivity contribution is 5.47. The minimum absolute atomic E-state index is 0.262. The lowest BCUT2D eigenvalue weighted by Crippen LogP contribution is -2.27.